The molecule has 58 valence electrons. The van der Waals surface area contributed by atoms with Gasteiger partial charge in [-0.1, -0.05) is 17.7 Å². The number of aromatic hydroxyl groups is 1. The summed E-state index contributed by atoms with van der Waals surface area (Å²) in [5, 5.41) is 9.36. The first-order chi connectivity index (χ1) is 5.24. The summed E-state index contributed by atoms with van der Waals surface area (Å²) in [7, 11) is 0. The minimum absolute atomic E-state index is 0.115. The summed E-state index contributed by atoms with van der Waals surface area (Å²) in [6, 6.07) is 4.55. The summed E-state index contributed by atoms with van der Waals surface area (Å²) < 4.78 is 0. The Bertz CT molecular complexity index is 271. The second-order valence-corrected chi connectivity index (χ2v) is 2.55. The Morgan fingerprint density at radius 1 is 1.55 bits per heavy atom. The molecular weight excluding hydrogens is 164 g/mol. The fourth-order valence-electron chi connectivity index (χ4n) is 0.792. The quantitative estimate of drug-likeness (QED) is 0.688. The highest BCUT2D eigenvalue weighted by atomic mass is 35.5. The van der Waals surface area contributed by atoms with Crippen LogP contribution >= 0.6 is 11.6 Å². The van der Waals surface area contributed by atoms with Crippen LogP contribution in [0.4, 0.5) is 0 Å². The number of carbonyl (C=O) groups excluding carboxylic acids is 1. The number of hydrogen-bond donors (Lipinski definition) is 1. The van der Waals surface area contributed by atoms with Gasteiger partial charge < -0.3 is 9.90 Å². The van der Waals surface area contributed by atoms with Gasteiger partial charge in [0.1, 0.15) is 12.0 Å². The van der Waals surface area contributed by atoms with Gasteiger partial charge in [-0.15, -0.1) is 0 Å². The van der Waals surface area contributed by atoms with Crippen molar-refractivity contribution in [3.63, 3.8) is 0 Å². The van der Waals surface area contributed by atoms with Crippen LogP contribution in [0.1, 0.15) is 5.56 Å². The molecule has 0 aliphatic carbocycles. The number of rotatable bonds is 2. The summed E-state index contributed by atoms with van der Waals surface area (Å²) >= 11 is 5.69. The third kappa shape index (κ3) is 1.95. The molecule has 0 aliphatic heterocycles. The molecule has 0 radical (unpaired) electrons. The summed E-state index contributed by atoms with van der Waals surface area (Å²) in [5.41, 5.74) is 0.736. The summed E-state index contributed by atoms with van der Waals surface area (Å²) in [6.07, 6.45) is 1.07. The molecule has 0 bridgehead atoms. The first-order valence-corrected chi connectivity index (χ1v) is 3.53. The summed E-state index contributed by atoms with van der Waals surface area (Å²) in [6.45, 7) is 0. The molecule has 11 heavy (non-hydrogen) atoms. The molecule has 2 nitrogen and oxygen atoms in total. The standard InChI is InChI=1S/C8H7ClO2/c9-8-5-7(11)2-1-6(8)3-4-10/h1-2,4-5,11H,3H2. The summed E-state index contributed by atoms with van der Waals surface area (Å²) in [4.78, 5) is 10.1. The van der Waals surface area contributed by atoms with E-state index in [-0.39, 0.29) is 5.75 Å². The molecule has 1 rings (SSSR count). The Labute approximate surface area is 69.4 Å². The van der Waals surface area contributed by atoms with Crippen molar-refractivity contribution in [3.05, 3.63) is 28.8 Å². The molecule has 0 fully saturated rings. The first-order valence-electron chi connectivity index (χ1n) is 3.15. The van der Waals surface area contributed by atoms with E-state index in [4.69, 9.17) is 16.7 Å². The number of phenols is 1. The van der Waals surface area contributed by atoms with E-state index in [9.17, 15) is 4.79 Å². The Morgan fingerprint density at radius 3 is 2.82 bits per heavy atom. The van der Waals surface area contributed by atoms with Gasteiger partial charge in [0.25, 0.3) is 0 Å². The van der Waals surface area contributed by atoms with Crippen molar-refractivity contribution < 1.29 is 9.90 Å². The van der Waals surface area contributed by atoms with Crippen LogP contribution in [-0.2, 0) is 11.2 Å². The second-order valence-electron chi connectivity index (χ2n) is 2.15. The van der Waals surface area contributed by atoms with Crippen molar-refractivity contribution in [2.24, 2.45) is 0 Å². The molecule has 1 aromatic carbocycles. The molecule has 0 aromatic heterocycles. The lowest BCUT2D eigenvalue weighted by Crippen LogP contribution is -1.85. The van der Waals surface area contributed by atoms with Gasteiger partial charge >= 0.3 is 0 Å². The SMILES string of the molecule is O=CCc1ccc(O)cc1Cl. The van der Waals surface area contributed by atoms with Crippen molar-refractivity contribution in [2.75, 3.05) is 0 Å². The third-order valence-electron chi connectivity index (χ3n) is 1.34. The van der Waals surface area contributed by atoms with Gasteiger partial charge in [0.2, 0.25) is 0 Å². The monoisotopic (exact) mass is 170 g/mol. The number of carbonyl (C=O) groups is 1. The summed E-state index contributed by atoms with van der Waals surface area (Å²) in [5.74, 6) is 0.115. The fraction of sp³-hybridized carbons (Fsp3) is 0.125. The van der Waals surface area contributed by atoms with E-state index >= 15 is 0 Å². The van der Waals surface area contributed by atoms with Crippen molar-refractivity contribution in [1.82, 2.24) is 0 Å². The minimum atomic E-state index is 0.115. The fourth-order valence-corrected chi connectivity index (χ4v) is 1.04. The normalized spacial score (nSPS) is 9.55. The molecular formula is C8H7ClO2. The minimum Gasteiger partial charge on any atom is -0.508 e. The van der Waals surface area contributed by atoms with Gasteiger partial charge in [-0.05, 0) is 17.7 Å². The van der Waals surface area contributed by atoms with Crippen LogP contribution in [0.25, 0.3) is 0 Å². The van der Waals surface area contributed by atoms with Gasteiger partial charge in [-0.2, -0.15) is 0 Å². The molecule has 1 aromatic rings. The molecule has 0 amide bonds. The topological polar surface area (TPSA) is 37.3 Å². The van der Waals surface area contributed by atoms with E-state index < -0.39 is 0 Å². The predicted octanol–water partition coefficient (Wildman–Crippen LogP) is 1.79. The van der Waals surface area contributed by atoms with E-state index in [1.54, 1.807) is 6.07 Å². The molecule has 0 heterocycles. The average Bonchev–Trinajstić information content (AvgIpc) is 1.95. The predicted molar refractivity (Wildman–Crippen MR) is 42.9 cm³/mol. The molecule has 0 atom stereocenters. The Kier molecular flexibility index (Phi) is 2.49. The zero-order valence-corrected chi connectivity index (χ0v) is 6.51. The number of aldehydes is 1. The maximum atomic E-state index is 10.1. The maximum Gasteiger partial charge on any atom is 0.124 e. The van der Waals surface area contributed by atoms with Gasteiger partial charge in [0.15, 0.2) is 0 Å². The lowest BCUT2D eigenvalue weighted by molar-refractivity contribution is -0.107. The molecule has 3 heteroatoms. The average molecular weight is 171 g/mol. The number of phenolic OH excluding ortho intramolecular Hbond substituents is 1. The molecule has 0 unspecified atom stereocenters. The van der Waals surface area contributed by atoms with E-state index in [0.29, 0.717) is 11.4 Å². The van der Waals surface area contributed by atoms with Crippen LogP contribution in [0.15, 0.2) is 18.2 Å². The van der Waals surface area contributed by atoms with Crippen LogP contribution < -0.4 is 0 Å². The lowest BCUT2D eigenvalue weighted by Gasteiger charge is -1.98. The highest BCUT2D eigenvalue weighted by Crippen LogP contribution is 2.21. The third-order valence-corrected chi connectivity index (χ3v) is 1.69. The lowest BCUT2D eigenvalue weighted by atomic mass is 10.2. The van der Waals surface area contributed by atoms with Crippen molar-refractivity contribution >= 4 is 17.9 Å². The zero-order valence-electron chi connectivity index (χ0n) is 5.75. The van der Waals surface area contributed by atoms with E-state index in [1.807, 2.05) is 0 Å². The Balaban J connectivity index is 2.98. The van der Waals surface area contributed by atoms with Crippen molar-refractivity contribution in [1.29, 1.82) is 0 Å². The zero-order chi connectivity index (χ0) is 8.27. The van der Waals surface area contributed by atoms with E-state index in [1.165, 1.54) is 12.1 Å². The second kappa shape index (κ2) is 3.39. The number of benzene rings is 1. The molecule has 1 N–H and O–H groups in total. The van der Waals surface area contributed by atoms with Gasteiger partial charge in [0.05, 0.1) is 0 Å². The highest BCUT2D eigenvalue weighted by Gasteiger charge is 1.99. The number of hydrogen-bond acceptors (Lipinski definition) is 2. The van der Waals surface area contributed by atoms with Gasteiger partial charge in [-0.25, -0.2) is 0 Å². The van der Waals surface area contributed by atoms with Crippen LogP contribution in [0.3, 0.4) is 0 Å². The maximum absolute atomic E-state index is 10.1. The van der Waals surface area contributed by atoms with Gasteiger partial charge in [0, 0.05) is 11.4 Å². The van der Waals surface area contributed by atoms with E-state index in [2.05, 4.69) is 0 Å². The smallest absolute Gasteiger partial charge is 0.124 e. The largest absolute Gasteiger partial charge is 0.508 e. The van der Waals surface area contributed by atoms with Crippen LogP contribution in [-0.4, -0.2) is 11.4 Å². The van der Waals surface area contributed by atoms with Crippen LogP contribution in [0.5, 0.6) is 5.75 Å². The van der Waals surface area contributed by atoms with Crippen LogP contribution in [0, 0.1) is 0 Å². The van der Waals surface area contributed by atoms with E-state index in [0.717, 1.165) is 11.8 Å². The Morgan fingerprint density at radius 2 is 2.27 bits per heavy atom. The molecule has 0 aliphatic rings. The molecule has 0 saturated carbocycles. The number of halogens is 1. The first kappa shape index (κ1) is 8.08. The van der Waals surface area contributed by atoms with Gasteiger partial charge in [-0.3, -0.25) is 0 Å². The van der Waals surface area contributed by atoms with Crippen molar-refractivity contribution in [2.45, 2.75) is 6.42 Å². The highest BCUT2D eigenvalue weighted by molar-refractivity contribution is 6.31. The molecule has 0 saturated heterocycles. The Hall–Kier alpha value is -1.02. The van der Waals surface area contributed by atoms with Crippen molar-refractivity contribution in [3.8, 4) is 5.75 Å². The van der Waals surface area contributed by atoms with Crippen LogP contribution in [0.2, 0.25) is 5.02 Å². The molecule has 0 spiro atoms.